The van der Waals surface area contributed by atoms with Gasteiger partial charge in [-0.2, -0.15) is 5.10 Å². The fourth-order valence-corrected chi connectivity index (χ4v) is 3.72. The monoisotopic (exact) mass is 410 g/mol. The van der Waals surface area contributed by atoms with Crippen LogP contribution in [0.15, 0.2) is 64.4 Å². The second kappa shape index (κ2) is 6.80. The van der Waals surface area contributed by atoms with Crippen molar-refractivity contribution in [2.75, 3.05) is 0 Å². The molecule has 0 amide bonds. The number of benzene rings is 1. The minimum Gasteiger partial charge on any atom is -0.237 e. The highest BCUT2D eigenvalue weighted by molar-refractivity contribution is 9.10. The molecule has 0 saturated carbocycles. The van der Waals surface area contributed by atoms with Gasteiger partial charge < -0.3 is 0 Å². The molecule has 0 atom stereocenters. The topological polar surface area (TPSA) is 76.9 Å². The van der Waals surface area contributed by atoms with E-state index in [4.69, 9.17) is 0 Å². The summed E-state index contributed by atoms with van der Waals surface area (Å²) in [6.45, 7) is -0.0443. The molecular weight excluding hydrogens is 399 g/mol. The van der Waals surface area contributed by atoms with Crippen molar-refractivity contribution in [1.82, 2.24) is 19.5 Å². The Bertz CT molecular complexity index is 961. The lowest BCUT2D eigenvalue weighted by Gasteiger charge is -2.11. The molecule has 1 aromatic carbocycles. The van der Waals surface area contributed by atoms with Gasteiger partial charge in [-0.25, -0.2) is 27.2 Å². The molecule has 24 heavy (non-hydrogen) atoms. The summed E-state index contributed by atoms with van der Waals surface area (Å²) in [6.07, 6.45) is 4.89. The van der Waals surface area contributed by atoms with Crippen LogP contribution in [0.5, 0.6) is 0 Å². The number of sulfonamides is 1. The average Bonchev–Trinajstić information content (AvgIpc) is 3.10. The average molecular weight is 411 g/mol. The van der Waals surface area contributed by atoms with E-state index in [2.05, 4.69) is 30.7 Å². The Kier molecular flexibility index (Phi) is 4.74. The van der Waals surface area contributed by atoms with E-state index in [-0.39, 0.29) is 6.54 Å². The van der Waals surface area contributed by atoms with Gasteiger partial charge in [-0.1, -0.05) is 22.0 Å². The van der Waals surface area contributed by atoms with Gasteiger partial charge in [0.25, 0.3) is 0 Å². The number of nitrogens with one attached hydrogen (secondary N) is 1. The fourth-order valence-electron chi connectivity index (χ4n) is 2.10. The summed E-state index contributed by atoms with van der Waals surface area (Å²) in [4.78, 5) is 3.79. The van der Waals surface area contributed by atoms with Crippen LogP contribution in [-0.2, 0) is 16.6 Å². The van der Waals surface area contributed by atoms with E-state index in [1.165, 1.54) is 16.8 Å². The molecule has 9 heteroatoms. The van der Waals surface area contributed by atoms with Crippen LogP contribution in [0, 0.1) is 5.82 Å². The predicted molar refractivity (Wildman–Crippen MR) is 89.5 cm³/mol. The molecule has 0 radical (unpaired) electrons. The highest BCUT2D eigenvalue weighted by Gasteiger charge is 2.20. The zero-order chi connectivity index (χ0) is 17.2. The largest absolute Gasteiger partial charge is 0.243 e. The van der Waals surface area contributed by atoms with Crippen molar-refractivity contribution in [3.63, 3.8) is 0 Å². The Labute approximate surface area is 146 Å². The molecule has 0 aliphatic carbocycles. The first-order chi connectivity index (χ1) is 11.5. The number of rotatable bonds is 5. The van der Waals surface area contributed by atoms with Crippen LogP contribution in [0.2, 0.25) is 0 Å². The molecular formula is C15H12BrFN4O2S. The van der Waals surface area contributed by atoms with Crippen molar-refractivity contribution >= 4 is 26.0 Å². The van der Waals surface area contributed by atoms with Gasteiger partial charge in [-0.3, -0.25) is 0 Å². The fraction of sp³-hybridized carbons (Fsp3) is 0.0667. The Morgan fingerprint density at radius 3 is 2.79 bits per heavy atom. The van der Waals surface area contributed by atoms with Crippen LogP contribution >= 0.6 is 15.9 Å². The van der Waals surface area contributed by atoms with E-state index in [0.717, 1.165) is 6.07 Å². The lowest BCUT2D eigenvalue weighted by molar-refractivity contribution is 0.556. The molecule has 124 valence electrons. The molecule has 0 aliphatic rings. The third-order valence-electron chi connectivity index (χ3n) is 3.22. The molecule has 6 nitrogen and oxygen atoms in total. The SMILES string of the molecule is O=S(=O)(NCc1cccnc1-n1cccn1)c1cc(Br)ccc1F. The maximum Gasteiger partial charge on any atom is 0.243 e. The zero-order valence-corrected chi connectivity index (χ0v) is 14.6. The van der Waals surface area contributed by atoms with Crippen molar-refractivity contribution in [3.05, 3.63) is 70.8 Å². The number of aromatic nitrogens is 3. The summed E-state index contributed by atoms with van der Waals surface area (Å²) >= 11 is 3.14. The van der Waals surface area contributed by atoms with Crippen LogP contribution in [0.4, 0.5) is 4.39 Å². The molecule has 2 aromatic heterocycles. The molecule has 3 aromatic rings. The molecule has 0 spiro atoms. The standard InChI is InChI=1S/C15H12BrFN4O2S/c16-12-4-5-13(17)14(9-12)24(22,23)20-10-11-3-1-6-18-15(11)21-8-2-7-19-21/h1-9,20H,10H2. The Morgan fingerprint density at radius 2 is 2.04 bits per heavy atom. The summed E-state index contributed by atoms with van der Waals surface area (Å²) in [7, 11) is -4.01. The molecule has 0 saturated heterocycles. The number of hydrogen-bond acceptors (Lipinski definition) is 4. The van der Waals surface area contributed by atoms with Crippen LogP contribution in [0.1, 0.15) is 5.56 Å². The normalized spacial score (nSPS) is 11.6. The molecule has 0 unspecified atom stereocenters. The minimum absolute atomic E-state index is 0.0443. The van der Waals surface area contributed by atoms with Gasteiger partial charge in [0, 0.05) is 35.2 Å². The maximum absolute atomic E-state index is 13.8. The maximum atomic E-state index is 13.8. The smallest absolute Gasteiger partial charge is 0.237 e. The van der Waals surface area contributed by atoms with E-state index in [0.29, 0.717) is 15.9 Å². The number of hydrogen-bond donors (Lipinski definition) is 1. The summed E-state index contributed by atoms with van der Waals surface area (Å²) < 4.78 is 42.9. The second-order valence-electron chi connectivity index (χ2n) is 4.84. The summed E-state index contributed by atoms with van der Waals surface area (Å²) in [5.41, 5.74) is 0.611. The van der Waals surface area contributed by atoms with Gasteiger partial charge >= 0.3 is 0 Å². The first-order valence-electron chi connectivity index (χ1n) is 6.86. The first kappa shape index (κ1) is 16.7. The lowest BCUT2D eigenvalue weighted by atomic mass is 10.2. The van der Waals surface area contributed by atoms with Crippen molar-refractivity contribution in [3.8, 4) is 5.82 Å². The highest BCUT2D eigenvalue weighted by Crippen LogP contribution is 2.20. The van der Waals surface area contributed by atoms with Gasteiger partial charge in [0.05, 0.1) is 0 Å². The summed E-state index contributed by atoms with van der Waals surface area (Å²) in [6, 6.07) is 8.90. The Morgan fingerprint density at radius 1 is 1.21 bits per heavy atom. The van der Waals surface area contributed by atoms with Crippen molar-refractivity contribution < 1.29 is 12.8 Å². The molecule has 1 N–H and O–H groups in total. The zero-order valence-electron chi connectivity index (χ0n) is 12.2. The van der Waals surface area contributed by atoms with Crippen LogP contribution in [0.3, 0.4) is 0 Å². The van der Waals surface area contributed by atoms with E-state index >= 15 is 0 Å². The lowest BCUT2D eigenvalue weighted by Crippen LogP contribution is -2.25. The van der Waals surface area contributed by atoms with E-state index < -0.39 is 20.7 Å². The minimum atomic E-state index is -4.01. The summed E-state index contributed by atoms with van der Waals surface area (Å²) in [5.74, 6) is -0.316. The van der Waals surface area contributed by atoms with Crippen LogP contribution in [0.25, 0.3) is 5.82 Å². The van der Waals surface area contributed by atoms with E-state index in [1.807, 2.05) is 0 Å². The first-order valence-corrected chi connectivity index (χ1v) is 9.13. The molecule has 2 heterocycles. The Hall–Kier alpha value is -2.10. The predicted octanol–water partition coefficient (Wildman–Crippen LogP) is 2.65. The number of pyridine rings is 1. The molecule has 0 aliphatic heterocycles. The van der Waals surface area contributed by atoms with Crippen LogP contribution < -0.4 is 4.72 Å². The number of nitrogens with zero attached hydrogens (tertiary/aromatic N) is 3. The Balaban J connectivity index is 1.87. The quantitative estimate of drug-likeness (QED) is 0.701. The molecule has 3 rings (SSSR count). The van der Waals surface area contributed by atoms with E-state index in [1.54, 1.807) is 36.8 Å². The van der Waals surface area contributed by atoms with Crippen molar-refractivity contribution in [2.45, 2.75) is 11.4 Å². The third-order valence-corrected chi connectivity index (χ3v) is 5.13. The van der Waals surface area contributed by atoms with Gasteiger partial charge in [0.1, 0.15) is 10.7 Å². The van der Waals surface area contributed by atoms with Gasteiger partial charge in [-0.05, 0) is 30.3 Å². The summed E-state index contributed by atoms with van der Waals surface area (Å²) in [5, 5.41) is 4.09. The van der Waals surface area contributed by atoms with Gasteiger partial charge in [0.15, 0.2) is 5.82 Å². The van der Waals surface area contributed by atoms with Gasteiger partial charge in [-0.15, -0.1) is 0 Å². The van der Waals surface area contributed by atoms with Crippen LogP contribution in [-0.4, -0.2) is 23.2 Å². The third kappa shape index (κ3) is 3.53. The molecule has 0 bridgehead atoms. The van der Waals surface area contributed by atoms with Crippen molar-refractivity contribution in [2.24, 2.45) is 0 Å². The van der Waals surface area contributed by atoms with Gasteiger partial charge in [0.2, 0.25) is 10.0 Å². The second-order valence-corrected chi connectivity index (χ2v) is 7.49. The number of halogens is 2. The molecule has 0 fully saturated rings. The highest BCUT2D eigenvalue weighted by atomic mass is 79.9. The van der Waals surface area contributed by atoms with E-state index in [9.17, 15) is 12.8 Å². The van der Waals surface area contributed by atoms with Crippen molar-refractivity contribution in [1.29, 1.82) is 0 Å².